The highest BCUT2D eigenvalue weighted by Crippen LogP contribution is 2.51. The zero-order valence-electron chi connectivity index (χ0n) is 21.9. The third-order valence-corrected chi connectivity index (χ3v) is 9.25. The second kappa shape index (κ2) is 9.78. The van der Waals surface area contributed by atoms with Gasteiger partial charge in [0.2, 0.25) is 11.8 Å². The molecule has 2 heterocycles. The van der Waals surface area contributed by atoms with Gasteiger partial charge in [0.05, 0.1) is 11.0 Å². The first-order valence-electron chi connectivity index (χ1n) is 13.7. The van der Waals surface area contributed by atoms with Crippen LogP contribution in [0.2, 0.25) is 0 Å². The van der Waals surface area contributed by atoms with E-state index in [0.717, 1.165) is 30.4 Å². The van der Waals surface area contributed by atoms with Crippen molar-refractivity contribution in [3.05, 3.63) is 34.2 Å². The Kier molecular flexibility index (Phi) is 6.85. The number of aromatic nitrogens is 2. The van der Waals surface area contributed by atoms with Crippen LogP contribution in [0.25, 0.3) is 11.0 Å². The van der Waals surface area contributed by atoms with Gasteiger partial charge < -0.3 is 10.6 Å². The van der Waals surface area contributed by atoms with E-state index in [9.17, 15) is 14.4 Å². The van der Waals surface area contributed by atoms with E-state index >= 15 is 0 Å². The first-order chi connectivity index (χ1) is 17.2. The van der Waals surface area contributed by atoms with Gasteiger partial charge in [0.1, 0.15) is 6.04 Å². The van der Waals surface area contributed by atoms with E-state index in [0.29, 0.717) is 11.8 Å². The van der Waals surface area contributed by atoms with Crippen molar-refractivity contribution in [3.63, 3.8) is 0 Å². The predicted molar refractivity (Wildman–Crippen MR) is 141 cm³/mol. The lowest BCUT2D eigenvalue weighted by Crippen LogP contribution is -2.54. The third-order valence-electron chi connectivity index (χ3n) is 9.25. The summed E-state index contributed by atoms with van der Waals surface area (Å²) in [5.41, 5.74) is 9.71. The molecule has 3 aliphatic carbocycles. The van der Waals surface area contributed by atoms with Gasteiger partial charge in [-0.25, -0.2) is 4.79 Å². The van der Waals surface area contributed by atoms with E-state index in [2.05, 4.69) is 29.4 Å². The van der Waals surface area contributed by atoms with E-state index in [4.69, 9.17) is 5.73 Å². The molecular formula is C28H41N5O3. The zero-order valence-corrected chi connectivity index (χ0v) is 21.9. The van der Waals surface area contributed by atoms with Gasteiger partial charge >= 0.3 is 5.69 Å². The lowest BCUT2D eigenvalue weighted by atomic mass is 9.57. The molecule has 4 fully saturated rings. The number of imide groups is 1. The smallest absolute Gasteiger partial charge is 0.325 e. The molecule has 2 amide bonds. The van der Waals surface area contributed by atoms with Gasteiger partial charge in [-0.05, 0) is 101 Å². The highest BCUT2D eigenvalue weighted by atomic mass is 16.2. The molecule has 3 saturated carbocycles. The average molecular weight is 496 g/mol. The highest BCUT2D eigenvalue weighted by Gasteiger charge is 2.46. The molecule has 1 aromatic carbocycles. The second-order valence-corrected chi connectivity index (χ2v) is 11.9. The van der Waals surface area contributed by atoms with Crippen molar-refractivity contribution in [2.75, 3.05) is 20.1 Å². The number of hydrogen-bond acceptors (Lipinski definition) is 5. The molecule has 1 aliphatic heterocycles. The molecule has 1 atom stereocenters. The first-order valence-corrected chi connectivity index (χ1v) is 13.7. The fraction of sp³-hybridized carbons (Fsp3) is 0.679. The number of carbonyl (C=O) groups is 2. The Morgan fingerprint density at radius 1 is 1.03 bits per heavy atom. The van der Waals surface area contributed by atoms with Crippen molar-refractivity contribution < 1.29 is 9.59 Å². The number of amides is 2. The summed E-state index contributed by atoms with van der Waals surface area (Å²) in [5, 5.41) is 2.36. The Hall–Kier alpha value is -2.45. The number of piperidine rings is 1. The van der Waals surface area contributed by atoms with E-state index in [-0.39, 0.29) is 23.6 Å². The van der Waals surface area contributed by atoms with Crippen LogP contribution in [0.5, 0.6) is 0 Å². The molecule has 3 N–H and O–H groups in total. The summed E-state index contributed by atoms with van der Waals surface area (Å²) in [5.74, 6) is -0.669. The summed E-state index contributed by atoms with van der Waals surface area (Å²) >= 11 is 0. The summed E-state index contributed by atoms with van der Waals surface area (Å²) in [6, 6.07) is 5.46. The Labute approximate surface area is 213 Å². The second-order valence-electron chi connectivity index (χ2n) is 11.9. The fourth-order valence-corrected chi connectivity index (χ4v) is 6.86. The highest BCUT2D eigenvalue weighted by molar-refractivity contribution is 6.00. The number of hydrogen-bond donors (Lipinski definition) is 2. The predicted octanol–water partition coefficient (Wildman–Crippen LogP) is 3.01. The Morgan fingerprint density at radius 3 is 2.44 bits per heavy atom. The van der Waals surface area contributed by atoms with Crippen molar-refractivity contribution in [1.29, 1.82) is 0 Å². The Balaban J connectivity index is 1.13. The molecule has 0 spiro atoms. The van der Waals surface area contributed by atoms with E-state index < -0.39 is 11.9 Å². The minimum atomic E-state index is -0.638. The average Bonchev–Trinajstić information content (AvgIpc) is 3.09. The number of rotatable bonds is 9. The number of imidazole rings is 1. The molecule has 2 bridgehead atoms. The van der Waals surface area contributed by atoms with Gasteiger partial charge in [-0.3, -0.25) is 24.0 Å². The number of fused-ring (bicyclic) bond motifs is 4. The Bertz CT molecular complexity index is 1190. The summed E-state index contributed by atoms with van der Waals surface area (Å²) in [6.07, 6.45) is 12.6. The van der Waals surface area contributed by atoms with Crippen LogP contribution in [-0.2, 0) is 23.1 Å². The van der Waals surface area contributed by atoms with Crippen LogP contribution in [-0.4, -0.2) is 51.5 Å². The van der Waals surface area contributed by atoms with Crippen LogP contribution in [0, 0.1) is 5.41 Å². The lowest BCUT2D eigenvalue weighted by Gasteiger charge is -2.53. The van der Waals surface area contributed by atoms with Crippen molar-refractivity contribution in [1.82, 2.24) is 19.4 Å². The van der Waals surface area contributed by atoms with Crippen LogP contribution in [0.1, 0.15) is 82.2 Å². The van der Waals surface area contributed by atoms with Crippen LogP contribution in [0.15, 0.2) is 23.0 Å². The molecule has 1 saturated heterocycles. The molecule has 4 aliphatic rings. The molecular weight excluding hydrogens is 454 g/mol. The summed E-state index contributed by atoms with van der Waals surface area (Å²) in [6.45, 7) is 2.34. The molecule has 6 rings (SSSR count). The summed E-state index contributed by atoms with van der Waals surface area (Å²) in [7, 11) is 4.02. The number of aryl methyl sites for hydroxylation is 2. The first kappa shape index (κ1) is 25.2. The maximum absolute atomic E-state index is 12.9. The summed E-state index contributed by atoms with van der Waals surface area (Å²) < 4.78 is 3.16. The van der Waals surface area contributed by atoms with Crippen molar-refractivity contribution in [3.8, 4) is 0 Å². The molecule has 0 radical (unpaired) electrons. The number of nitrogens with one attached hydrogen (secondary N) is 1. The summed E-state index contributed by atoms with van der Waals surface area (Å²) in [4.78, 5) is 39.4. The van der Waals surface area contributed by atoms with Gasteiger partial charge in [0.15, 0.2) is 0 Å². The van der Waals surface area contributed by atoms with E-state index in [1.54, 1.807) is 16.2 Å². The van der Waals surface area contributed by atoms with Gasteiger partial charge in [0, 0.05) is 25.6 Å². The molecule has 8 nitrogen and oxygen atoms in total. The largest absolute Gasteiger partial charge is 0.329 e. The SMILES string of the molecule is CN(CCCCCc1ccc2c(c1)n(C)c(=O)n2C1CCC(=O)NC1=O)CC12CCC(N)(CC1)CC2. The van der Waals surface area contributed by atoms with Gasteiger partial charge in [-0.1, -0.05) is 12.5 Å². The molecule has 1 aromatic heterocycles. The number of benzene rings is 1. The van der Waals surface area contributed by atoms with Crippen LogP contribution in [0.4, 0.5) is 0 Å². The topological polar surface area (TPSA) is 102 Å². The molecule has 8 heteroatoms. The van der Waals surface area contributed by atoms with Crippen molar-refractivity contribution >= 4 is 22.8 Å². The number of carbonyl (C=O) groups excluding carboxylic acids is 2. The normalized spacial score (nSPS) is 28.3. The van der Waals surface area contributed by atoms with Gasteiger partial charge in [-0.2, -0.15) is 0 Å². The number of nitrogens with zero attached hydrogens (tertiary/aromatic N) is 3. The van der Waals surface area contributed by atoms with Gasteiger partial charge in [0.25, 0.3) is 0 Å². The third kappa shape index (κ3) is 4.90. The van der Waals surface area contributed by atoms with E-state index in [1.165, 1.54) is 63.5 Å². The quantitative estimate of drug-likeness (QED) is 0.411. The standard InChI is InChI=1S/C28H41N5O3/c1-31(19-27-11-14-28(29,15-12-27)16-13-27)17-5-3-4-6-20-7-8-21-23(18-20)32(2)26(36)33(21)22-9-10-24(34)30-25(22)35/h7-8,18,22H,3-6,9-17,19,29H2,1-2H3,(H,30,34,35). The maximum atomic E-state index is 12.9. The van der Waals surface area contributed by atoms with E-state index in [1.807, 2.05) is 6.07 Å². The van der Waals surface area contributed by atoms with Crippen LogP contribution >= 0.6 is 0 Å². The lowest BCUT2D eigenvalue weighted by molar-refractivity contribution is -0.135. The van der Waals surface area contributed by atoms with Gasteiger partial charge in [-0.15, -0.1) is 0 Å². The zero-order chi connectivity index (χ0) is 25.5. The minimum absolute atomic E-state index is 0.142. The van der Waals surface area contributed by atoms with Crippen LogP contribution in [0.3, 0.4) is 0 Å². The minimum Gasteiger partial charge on any atom is -0.325 e. The molecule has 1 unspecified atom stereocenters. The fourth-order valence-electron chi connectivity index (χ4n) is 6.86. The maximum Gasteiger partial charge on any atom is 0.329 e. The number of nitrogens with two attached hydrogens (primary N) is 1. The molecule has 2 aromatic rings. The molecule has 36 heavy (non-hydrogen) atoms. The van der Waals surface area contributed by atoms with Crippen molar-refractivity contribution in [2.24, 2.45) is 18.2 Å². The Morgan fingerprint density at radius 2 is 1.75 bits per heavy atom. The van der Waals surface area contributed by atoms with Crippen LogP contribution < -0.4 is 16.7 Å². The monoisotopic (exact) mass is 495 g/mol. The molecule has 196 valence electrons. The van der Waals surface area contributed by atoms with Crippen molar-refractivity contribution in [2.45, 2.75) is 88.6 Å². The number of unbranched alkanes of at least 4 members (excludes halogenated alkanes) is 2.